The summed E-state index contributed by atoms with van der Waals surface area (Å²) in [6.07, 6.45) is 7.50. The van der Waals surface area contributed by atoms with E-state index >= 15 is 0 Å². The molecule has 0 atom stereocenters. The Balaban J connectivity index is 1.06. The number of rotatable bonds is 8. The van der Waals surface area contributed by atoms with Crippen LogP contribution in [0.15, 0.2) is 85.5 Å². The van der Waals surface area contributed by atoms with Gasteiger partial charge in [-0.05, 0) is 67.3 Å². The highest BCUT2D eigenvalue weighted by Gasteiger charge is 2.19. The summed E-state index contributed by atoms with van der Waals surface area (Å²) in [5, 5.41) is 10.6. The summed E-state index contributed by atoms with van der Waals surface area (Å²) in [5.74, 6) is 1.57. The van der Waals surface area contributed by atoms with Gasteiger partial charge in [-0.1, -0.05) is 42.5 Å². The van der Waals surface area contributed by atoms with E-state index in [0.717, 1.165) is 91.2 Å². The summed E-state index contributed by atoms with van der Waals surface area (Å²) >= 11 is 0. The van der Waals surface area contributed by atoms with Crippen molar-refractivity contribution in [2.45, 2.75) is 26.3 Å². The summed E-state index contributed by atoms with van der Waals surface area (Å²) in [6.45, 7) is 8.00. The number of hydrogen-bond donors (Lipinski definition) is 1. The number of nitrogen functional groups attached to an aromatic ring is 1. The fraction of sp³-hybridized carbons (Fsp3) is 0.273. The third-order valence-corrected chi connectivity index (χ3v) is 8.21. The molecule has 9 heteroatoms. The van der Waals surface area contributed by atoms with Gasteiger partial charge in [-0.15, -0.1) is 0 Å². The molecule has 0 bridgehead atoms. The van der Waals surface area contributed by atoms with E-state index in [0.29, 0.717) is 5.82 Å². The second kappa shape index (κ2) is 11.3. The number of fused-ring (bicyclic) bond motifs is 2. The van der Waals surface area contributed by atoms with Crippen LogP contribution in [-0.4, -0.2) is 67.0 Å². The Morgan fingerprint density at radius 2 is 1.76 bits per heavy atom. The molecule has 0 saturated carbocycles. The molecule has 1 aliphatic rings. The monoisotopic (exact) mass is 557 g/mol. The normalized spacial score (nSPS) is 14.3. The highest BCUT2D eigenvalue weighted by molar-refractivity contribution is 5.92. The second-order valence-electron chi connectivity index (χ2n) is 11.2. The van der Waals surface area contributed by atoms with E-state index in [1.807, 2.05) is 27.5 Å². The molecule has 5 heterocycles. The van der Waals surface area contributed by atoms with Gasteiger partial charge >= 0.3 is 0 Å². The Bertz CT molecular complexity index is 1830. The fourth-order valence-corrected chi connectivity index (χ4v) is 5.99. The van der Waals surface area contributed by atoms with Gasteiger partial charge in [0.25, 0.3) is 0 Å². The Morgan fingerprint density at radius 1 is 0.905 bits per heavy atom. The van der Waals surface area contributed by atoms with Gasteiger partial charge in [-0.2, -0.15) is 10.2 Å². The van der Waals surface area contributed by atoms with Gasteiger partial charge in [0.05, 0.1) is 12.1 Å². The molecule has 2 N–H and O–H groups in total. The summed E-state index contributed by atoms with van der Waals surface area (Å²) in [5.41, 5.74) is 14.0. The van der Waals surface area contributed by atoms with E-state index < -0.39 is 0 Å². The van der Waals surface area contributed by atoms with E-state index in [4.69, 9.17) is 10.8 Å². The summed E-state index contributed by atoms with van der Waals surface area (Å²) in [4.78, 5) is 13.8. The van der Waals surface area contributed by atoms with Gasteiger partial charge in [0, 0.05) is 55.2 Å². The Labute approximate surface area is 245 Å². The number of nitrogens with zero attached hydrogens (tertiary/aromatic N) is 8. The zero-order valence-electron chi connectivity index (χ0n) is 23.9. The number of anilines is 2. The van der Waals surface area contributed by atoms with Crippen molar-refractivity contribution in [1.29, 1.82) is 0 Å². The smallest absolute Gasteiger partial charge is 0.151 e. The molecule has 0 amide bonds. The van der Waals surface area contributed by atoms with Crippen LogP contribution < -0.4 is 10.6 Å². The molecule has 2 aromatic carbocycles. The van der Waals surface area contributed by atoms with Crippen LogP contribution in [0.4, 0.5) is 11.6 Å². The number of benzene rings is 2. The number of aryl methyl sites for hydroxylation is 2. The van der Waals surface area contributed by atoms with Gasteiger partial charge < -0.3 is 10.6 Å². The first-order valence-corrected chi connectivity index (χ1v) is 14.6. The fourth-order valence-electron chi connectivity index (χ4n) is 5.99. The van der Waals surface area contributed by atoms with E-state index in [2.05, 4.69) is 92.6 Å². The lowest BCUT2D eigenvalue weighted by Crippen LogP contribution is -2.47. The maximum absolute atomic E-state index is 6.42. The topological polar surface area (TPSA) is 93.4 Å². The number of hydrogen-bond acceptors (Lipinski definition) is 7. The van der Waals surface area contributed by atoms with Crippen molar-refractivity contribution in [2.24, 2.45) is 0 Å². The second-order valence-corrected chi connectivity index (χ2v) is 11.2. The molecule has 0 radical (unpaired) electrons. The average Bonchev–Trinajstić information content (AvgIpc) is 3.59. The zero-order chi connectivity index (χ0) is 28.5. The van der Waals surface area contributed by atoms with E-state index in [1.54, 1.807) is 6.33 Å². The van der Waals surface area contributed by atoms with Gasteiger partial charge in [0.2, 0.25) is 0 Å². The molecular formula is C33H35N9. The van der Waals surface area contributed by atoms with Crippen molar-refractivity contribution in [3.63, 3.8) is 0 Å². The summed E-state index contributed by atoms with van der Waals surface area (Å²) < 4.78 is 3.97. The zero-order valence-corrected chi connectivity index (χ0v) is 23.9. The molecule has 4 aromatic heterocycles. The third kappa shape index (κ3) is 5.31. The molecule has 1 fully saturated rings. The minimum atomic E-state index is 0.488. The molecule has 0 spiro atoms. The standard InChI is InChI=1S/C33H35N9/c1-24-11-12-35-31(18-24)40-16-14-39(15-17-40)13-5-8-28-20-29(32-33(34)36-23-37-42(28)32)26-9-10-27-22-41(38-30(27)19-26)21-25-6-3-2-4-7-25/h2-4,6-7,9-12,18-20,22-23H,5,8,13-17,21H2,1H3,(H2,34,36,37). The van der Waals surface area contributed by atoms with Gasteiger partial charge in [-0.3, -0.25) is 9.58 Å². The average molecular weight is 558 g/mol. The highest BCUT2D eigenvalue weighted by atomic mass is 15.3. The third-order valence-electron chi connectivity index (χ3n) is 8.21. The molecule has 1 saturated heterocycles. The predicted octanol–water partition coefficient (Wildman–Crippen LogP) is 4.83. The molecule has 6 aromatic rings. The number of pyridine rings is 1. The lowest BCUT2D eigenvalue weighted by atomic mass is 10.0. The first-order chi connectivity index (χ1) is 20.6. The first kappa shape index (κ1) is 26.2. The number of aromatic nitrogens is 6. The Hall–Kier alpha value is -4.76. The van der Waals surface area contributed by atoms with E-state index in [1.165, 1.54) is 11.1 Å². The van der Waals surface area contributed by atoms with Crippen LogP contribution in [0.3, 0.4) is 0 Å². The lowest BCUT2D eigenvalue weighted by Gasteiger charge is -2.35. The number of nitrogens with two attached hydrogens (primary N) is 1. The molecular weight excluding hydrogens is 522 g/mol. The van der Waals surface area contributed by atoms with Crippen LogP contribution in [0.5, 0.6) is 0 Å². The molecule has 1 aliphatic heterocycles. The number of piperazine rings is 1. The lowest BCUT2D eigenvalue weighted by molar-refractivity contribution is 0.254. The molecule has 0 aliphatic carbocycles. The minimum Gasteiger partial charge on any atom is -0.382 e. The van der Waals surface area contributed by atoms with Crippen LogP contribution >= 0.6 is 0 Å². The van der Waals surface area contributed by atoms with Gasteiger partial charge in [0.15, 0.2) is 5.82 Å². The van der Waals surface area contributed by atoms with Crippen molar-refractivity contribution in [1.82, 2.24) is 34.3 Å². The van der Waals surface area contributed by atoms with Crippen LogP contribution in [0.1, 0.15) is 23.2 Å². The molecule has 212 valence electrons. The van der Waals surface area contributed by atoms with E-state index in [-0.39, 0.29) is 0 Å². The van der Waals surface area contributed by atoms with Crippen molar-refractivity contribution in [3.05, 3.63) is 102 Å². The molecule has 7 rings (SSSR count). The molecule has 42 heavy (non-hydrogen) atoms. The molecule has 0 unspecified atom stereocenters. The van der Waals surface area contributed by atoms with Crippen molar-refractivity contribution in [2.75, 3.05) is 43.4 Å². The van der Waals surface area contributed by atoms with Crippen LogP contribution in [0.2, 0.25) is 0 Å². The van der Waals surface area contributed by atoms with E-state index in [9.17, 15) is 0 Å². The molecule has 9 nitrogen and oxygen atoms in total. The van der Waals surface area contributed by atoms with Gasteiger partial charge in [0.1, 0.15) is 17.7 Å². The summed E-state index contributed by atoms with van der Waals surface area (Å²) in [7, 11) is 0. The van der Waals surface area contributed by atoms with Crippen LogP contribution in [0.25, 0.3) is 27.5 Å². The van der Waals surface area contributed by atoms with Crippen LogP contribution in [-0.2, 0) is 13.0 Å². The highest BCUT2D eigenvalue weighted by Crippen LogP contribution is 2.32. The van der Waals surface area contributed by atoms with Crippen molar-refractivity contribution >= 4 is 28.1 Å². The van der Waals surface area contributed by atoms with Crippen LogP contribution in [0, 0.1) is 6.92 Å². The summed E-state index contributed by atoms with van der Waals surface area (Å²) in [6, 6.07) is 23.3. The van der Waals surface area contributed by atoms with Crippen molar-refractivity contribution < 1.29 is 0 Å². The maximum atomic E-state index is 6.42. The SMILES string of the molecule is Cc1ccnc(N2CCN(CCCc3cc(-c4ccc5cn(Cc6ccccc6)nc5c4)c4c(N)ncnn34)CC2)c1. The van der Waals surface area contributed by atoms with Gasteiger partial charge in [-0.25, -0.2) is 14.5 Å². The van der Waals surface area contributed by atoms with Crippen molar-refractivity contribution in [3.8, 4) is 11.1 Å². The Morgan fingerprint density at radius 3 is 2.60 bits per heavy atom. The largest absolute Gasteiger partial charge is 0.382 e. The maximum Gasteiger partial charge on any atom is 0.151 e. The quantitative estimate of drug-likeness (QED) is 0.286. The first-order valence-electron chi connectivity index (χ1n) is 14.6. The minimum absolute atomic E-state index is 0.488. The Kier molecular flexibility index (Phi) is 7.01. The predicted molar refractivity (Wildman–Crippen MR) is 168 cm³/mol.